The van der Waals surface area contributed by atoms with Crippen LogP contribution in [0.2, 0.25) is 0 Å². The van der Waals surface area contributed by atoms with Crippen molar-refractivity contribution >= 4 is 32.5 Å². The minimum atomic E-state index is -3.42. The molecule has 1 spiro atoms. The highest BCUT2D eigenvalue weighted by Crippen LogP contribution is 2.43. The minimum absolute atomic E-state index is 0.00336. The molecule has 1 N–H and O–H groups in total. The van der Waals surface area contributed by atoms with E-state index in [2.05, 4.69) is 19.9 Å². The van der Waals surface area contributed by atoms with Gasteiger partial charge in [-0.1, -0.05) is 13.0 Å². The molecule has 33 heavy (non-hydrogen) atoms. The third kappa shape index (κ3) is 4.32. The van der Waals surface area contributed by atoms with Gasteiger partial charge in [0.2, 0.25) is 10.0 Å². The van der Waals surface area contributed by atoms with Gasteiger partial charge < -0.3 is 9.64 Å². The van der Waals surface area contributed by atoms with Crippen LogP contribution in [-0.4, -0.2) is 60.9 Å². The number of carbonyl (C=O) groups is 1. The standard InChI is InChI=1S/C23H26N4O5S/c1-15-22(28)18-14-17(26-33(2,29)30)4-6-21(18)31-23(15)8-11-27(12-9-23)10-7-16-3-5-19-20(13-16)25-32-24-19/h3-6,13-15,26H,7-12H2,1-2H3. The van der Waals surface area contributed by atoms with Crippen molar-refractivity contribution in [3.8, 4) is 5.75 Å². The lowest BCUT2D eigenvalue weighted by Crippen LogP contribution is -2.56. The fourth-order valence-electron chi connectivity index (χ4n) is 4.83. The van der Waals surface area contributed by atoms with Crippen molar-refractivity contribution in [1.82, 2.24) is 15.2 Å². The van der Waals surface area contributed by atoms with E-state index in [1.165, 1.54) is 5.56 Å². The fourth-order valence-corrected chi connectivity index (χ4v) is 5.38. The lowest BCUT2D eigenvalue weighted by Gasteiger charge is -2.47. The van der Waals surface area contributed by atoms with Crippen LogP contribution in [-0.2, 0) is 16.4 Å². The van der Waals surface area contributed by atoms with E-state index >= 15 is 0 Å². The van der Waals surface area contributed by atoms with Gasteiger partial charge in [-0.3, -0.25) is 9.52 Å². The summed E-state index contributed by atoms with van der Waals surface area (Å²) in [5, 5.41) is 7.75. The van der Waals surface area contributed by atoms with Gasteiger partial charge in [0.05, 0.1) is 17.7 Å². The highest BCUT2D eigenvalue weighted by Gasteiger charge is 2.48. The molecule has 5 rings (SSSR count). The number of ether oxygens (including phenoxy) is 1. The first-order chi connectivity index (χ1) is 15.7. The molecule has 3 heterocycles. The number of likely N-dealkylation sites (tertiary alicyclic amines) is 1. The molecule has 0 aliphatic carbocycles. The summed E-state index contributed by atoms with van der Waals surface area (Å²) in [4.78, 5) is 15.6. The predicted molar refractivity (Wildman–Crippen MR) is 123 cm³/mol. The van der Waals surface area contributed by atoms with Gasteiger partial charge in [-0.2, -0.15) is 0 Å². The number of aromatic nitrogens is 2. The third-order valence-corrected chi connectivity index (χ3v) is 7.39. The molecule has 174 valence electrons. The second-order valence-electron chi connectivity index (χ2n) is 9.02. The van der Waals surface area contributed by atoms with Crippen molar-refractivity contribution in [3.63, 3.8) is 0 Å². The molecule has 0 radical (unpaired) electrons. The van der Waals surface area contributed by atoms with Crippen molar-refractivity contribution in [2.75, 3.05) is 30.6 Å². The Morgan fingerprint density at radius 1 is 1.12 bits per heavy atom. The molecule has 9 nitrogen and oxygen atoms in total. The molecular weight excluding hydrogens is 444 g/mol. The summed E-state index contributed by atoms with van der Waals surface area (Å²) in [6.07, 6.45) is 3.49. The Morgan fingerprint density at radius 3 is 2.64 bits per heavy atom. The number of piperidine rings is 1. The van der Waals surface area contributed by atoms with Crippen molar-refractivity contribution in [2.45, 2.75) is 31.8 Å². The lowest BCUT2D eigenvalue weighted by atomic mass is 9.74. The van der Waals surface area contributed by atoms with Crippen LogP contribution in [0.25, 0.3) is 11.0 Å². The first kappa shape index (κ1) is 21.8. The predicted octanol–water partition coefficient (Wildman–Crippen LogP) is 2.88. The van der Waals surface area contributed by atoms with Crippen molar-refractivity contribution in [2.24, 2.45) is 5.92 Å². The quantitative estimate of drug-likeness (QED) is 0.605. The van der Waals surface area contributed by atoms with Gasteiger partial charge in [0.15, 0.2) is 5.78 Å². The summed E-state index contributed by atoms with van der Waals surface area (Å²) in [6, 6.07) is 10.9. The maximum atomic E-state index is 13.2. The van der Waals surface area contributed by atoms with Gasteiger partial charge >= 0.3 is 0 Å². The van der Waals surface area contributed by atoms with E-state index in [0.717, 1.165) is 56.2 Å². The molecule has 1 saturated heterocycles. The van der Waals surface area contributed by atoms with Crippen molar-refractivity contribution in [3.05, 3.63) is 47.5 Å². The number of hydrogen-bond donors (Lipinski definition) is 1. The molecule has 0 bridgehead atoms. The Balaban J connectivity index is 1.25. The van der Waals surface area contributed by atoms with Gasteiger partial charge in [0.25, 0.3) is 0 Å². The number of rotatable bonds is 5. The number of benzene rings is 2. The molecule has 3 aromatic rings. The normalized spacial score (nSPS) is 20.5. The summed E-state index contributed by atoms with van der Waals surface area (Å²) in [7, 11) is -3.42. The smallest absolute Gasteiger partial charge is 0.229 e. The van der Waals surface area contributed by atoms with E-state index in [0.29, 0.717) is 17.0 Å². The number of sulfonamides is 1. The first-order valence-electron chi connectivity index (χ1n) is 11.0. The highest BCUT2D eigenvalue weighted by molar-refractivity contribution is 7.92. The van der Waals surface area contributed by atoms with Crippen LogP contribution in [0.4, 0.5) is 5.69 Å². The second-order valence-corrected chi connectivity index (χ2v) is 10.8. The van der Waals surface area contributed by atoms with Crippen molar-refractivity contribution < 1.29 is 22.6 Å². The molecular formula is C23H26N4O5S. The van der Waals surface area contributed by atoms with E-state index in [1.54, 1.807) is 18.2 Å². The van der Waals surface area contributed by atoms with Crippen LogP contribution < -0.4 is 9.46 Å². The molecule has 0 saturated carbocycles. The molecule has 1 fully saturated rings. The van der Waals surface area contributed by atoms with E-state index in [1.807, 2.05) is 25.1 Å². The number of nitrogens with zero attached hydrogens (tertiary/aromatic N) is 3. The van der Waals surface area contributed by atoms with Gasteiger partial charge in [-0.15, -0.1) is 0 Å². The number of nitrogens with one attached hydrogen (secondary N) is 1. The largest absolute Gasteiger partial charge is 0.486 e. The number of carbonyl (C=O) groups excluding carboxylic acids is 1. The molecule has 2 aromatic carbocycles. The van der Waals surface area contributed by atoms with Crippen LogP contribution in [0.15, 0.2) is 41.0 Å². The zero-order valence-corrected chi connectivity index (χ0v) is 19.4. The summed E-state index contributed by atoms with van der Waals surface area (Å²) < 4.78 is 36.7. The maximum absolute atomic E-state index is 13.2. The van der Waals surface area contributed by atoms with Gasteiger partial charge in [0, 0.05) is 38.2 Å². The third-order valence-electron chi connectivity index (χ3n) is 6.78. The number of ketones is 1. The van der Waals surface area contributed by atoms with E-state index < -0.39 is 15.6 Å². The van der Waals surface area contributed by atoms with Gasteiger partial charge in [-0.25, -0.2) is 13.0 Å². The van der Waals surface area contributed by atoms with Crippen LogP contribution in [0, 0.1) is 5.92 Å². The maximum Gasteiger partial charge on any atom is 0.229 e. The van der Waals surface area contributed by atoms with Gasteiger partial charge in [0.1, 0.15) is 22.4 Å². The Bertz CT molecular complexity index is 1310. The fraction of sp³-hybridized carbons (Fsp3) is 0.435. The van der Waals surface area contributed by atoms with Crippen LogP contribution in [0.1, 0.15) is 35.7 Å². The molecule has 0 amide bonds. The molecule has 2 aliphatic rings. The Morgan fingerprint density at radius 2 is 1.88 bits per heavy atom. The molecule has 1 atom stereocenters. The van der Waals surface area contributed by atoms with Gasteiger partial charge in [-0.05, 0) is 52.6 Å². The monoisotopic (exact) mass is 470 g/mol. The average molecular weight is 471 g/mol. The van der Waals surface area contributed by atoms with E-state index in [-0.39, 0.29) is 11.7 Å². The Kier molecular flexibility index (Phi) is 5.37. The Labute approximate surface area is 192 Å². The van der Waals surface area contributed by atoms with Crippen LogP contribution in [0.3, 0.4) is 0 Å². The summed E-state index contributed by atoms with van der Waals surface area (Å²) in [5.74, 6) is 0.221. The van der Waals surface area contributed by atoms with Crippen LogP contribution >= 0.6 is 0 Å². The number of fused-ring (bicyclic) bond motifs is 2. The number of hydrogen-bond acceptors (Lipinski definition) is 8. The Hall–Kier alpha value is -2.98. The minimum Gasteiger partial charge on any atom is -0.486 e. The molecule has 1 aromatic heterocycles. The lowest BCUT2D eigenvalue weighted by molar-refractivity contribution is -0.0387. The summed E-state index contributed by atoms with van der Waals surface area (Å²) >= 11 is 0. The SMILES string of the molecule is CC1C(=O)c2cc(NS(C)(=O)=O)ccc2OC12CCN(CCc1ccc3nonc3c1)CC2. The highest BCUT2D eigenvalue weighted by atomic mass is 32.2. The van der Waals surface area contributed by atoms with E-state index in [9.17, 15) is 13.2 Å². The number of anilines is 1. The molecule has 1 unspecified atom stereocenters. The second kappa shape index (κ2) is 8.11. The molecule has 2 aliphatic heterocycles. The summed E-state index contributed by atoms with van der Waals surface area (Å²) in [5.41, 5.74) is 2.97. The average Bonchev–Trinajstić information content (AvgIpc) is 3.25. The van der Waals surface area contributed by atoms with Crippen molar-refractivity contribution in [1.29, 1.82) is 0 Å². The zero-order chi connectivity index (χ0) is 23.2. The first-order valence-corrected chi connectivity index (χ1v) is 12.9. The van der Waals surface area contributed by atoms with E-state index in [4.69, 9.17) is 9.37 Å². The topological polar surface area (TPSA) is 115 Å². The summed E-state index contributed by atoms with van der Waals surface area (Å²) in [6.45, 7) is 4.51. The molecule has 10 heteroatoms. The van der Waals surface area contributed by atoms with Crippen LogP contribution in [0.5, 0.6) is 5.75 Å². The number of Topliss-reactive ketones (excluding diaryl/α,β-unsaturated/α-hetero) is 1. The zero-order valence-electron chi connectivity index (χ0n) is 18.6.